The number of urea groups is 1. The second kappa shape index (κ2) is 11.5. The number of anilines is 2. The number of rotatable bonds is 6. The summed E-state index contributed by atoms with van der Waals surface area (Å²) in [6.07, 6.45) is 1.36. The van der Waals surface area contributed by atoms with Gasteiger partial charge in [0.15, 0.2) is 6.61 Å². The van der Waals surface area contributed by atoms with E-state index >= 15 is 0 Å². The van der Waals surface area contributed by atoms with Crippen LogP contribution in [0.2, 0.25) is 5.02 Å². The van der Waals surface area contributed by atoms with Gasteiger partial charge in [0.1, 0.15) is 11.3 Å². The average Bonchev–Trinajstić information content (AvgIpc) is 2.85. The number of barbiturate groups is 1. The third kappa shape index (κ3) is 5.98. The van der Waals surface area contributed by atoms with E-state index < -0.39 is 17.8 Å². The number of nitrogens with zero attached hydrogens (tertiary/aromatic N) is 1. The minimum atomic E-state index is -0.868. The molecule has 0 unspecified atom stereocenters. The maximum absolute atomic E-state index is 13.2. The molecular weight excluding hydrogens is 642 g/mol. The van der Waals surface area contributed by atoms with Crippen LogP contribution in [0, 0.1) is 13.8 Å². The summed E-state index contributed by atoms with van der Waals surface area (Å²) in [7, 11) is 0. The van der Waals surface area contributed by atoms with Gasteiger partial charge in [-0.15, -0.1) is 0 Å². The third-order valence-corrected chi connectivity index (χ3v) is 7.20. The molecule has 0 radical (unpaired) electrons. The Kier molecular flexibility index (Phi) is 8.35. The number of imide groups is 2. The molecule has 4 rings (SSSR count). The van der Waals surface area contributed by atoms with Gasteiger partial charge in [0.2, 0.25) is 0 Å². The fourth-order valence-corrected chi connectivity index (χ4v) is 5.24. The molecule has 3 aromatic carbocycles. The lowest BCUT2D eigenvalue weighted by Crippen LogP contribution is -2.54. The third-order valence-electron chi connectivity index (χ3n) is 5.61. The zero-order chi connectivity index (χ0) is 27.6. The van der Waals surface area contributed by atoms with Crippen molar-refractivity contribution in [2.45, 2.75) is 13.8 Å². The zero-order valence-electron chi connectivity index (χ0n) is 20.1. The van der Waals surface area contributed by atoms with Crippen molar-refractivity contribution in [2.75, 3.05) is 16.8 Å². The van der Waals surface area contributed by atoms with Gasteiger partial charge in [0, 0.05) is 10.7 Å². The number of aryl methyl sites for hydroxylation is 2. The minimum Gasteiger partial charge on any atom is -0.481 e. The topological polar surface area (TPSA) is 105 Å². The number of hydrogen-bond acceptors (Lipinski definition) is 5. The van der Waals surface area contributed by atoms with Crippen molar-refractivity contribution in [3.8, 4) is 5.75 Å². The molecule has 11 heteroatoms. The first-order chi connectivity index (χ1) is 18.0. The van der Waals surface area contributed by atoms with Crippen LogP contribution in [0.15, 0.2) is 69.1 Å². The molecule has 1 saturated heterocycles. The first-order valence-corrected chi connectivity index (χ1v) is 13.2. The maximum atomic E-state index is 13.2. The van der Waals surface area contributed by atoms with E-state index in [9.17, 15) is 19.2 Å². The number of amides is 5. The molecule has 38 heavy (non-hydrogen) atoms. The quantitative estimate of drug-likeness (QED) is 0.243. The van der Waals surface area contributed by atoms with Crippen LogP contribution in [0.4, 0.5) is 16.2 Å². The molecule has 194 valence electrons. The number of nitrogens with one attached hydrogen (secondary N) is 2. The fourth-order valence-electron chi connectivity index (χ4n) is 3.62. The van der Waals surface area contributed by atoms with Gasteiger partial charge in [-0.2, -0.15) is 0 Å². The zero-order valence-corrected chi connectivity index (χ0v) is 24.0. The highest BCUT2D eigenvalue weighted by molar-refractivity contribution is 9.11. The summed E-state index contributed by atoms with van der Waals surface area (Å²) in [6, 6.07) is 14.5. The molecule has 0 atom stereocenters. The SMILES string of the molecule is Cc1ccc(N2C(=O)NC(=O)/C(=C\c3cc(Br)c(OCC(=O)Nc4ccccc4C)c(Br)c3)C2=O)cc1Cl. The second-order valence-electron chi connectivity index (χ2n) is 8.36. The summed E-state index contributed by atoms with van der Waals surface area (Å²) in [4.78, 5) is 51.4. The summed E-state index contributed by atoms with van der Waals surface area (Å²) >= 11 is 13.0. The monoisotopic (exact) mass is 659 g/mol. The molecule has 5 amide bonds. The summed E-state index contributed by atoms with van der Waals surface area (Å²) in [5, 5.41) is 5.36. The highest BCUT2D eigenvalue weighted by atomic mass is 79.9. The molecule has 8 nitrogen and oxygen atoms in total. The van der Waals surface area contributed by atoms with Crippen LogP contribution >= 0.6 is 43.5 Å². The van der Waals surface area contributed by atoms with E-state index in [2.05, 4.69) is 42.5 Å². The predicted octanol–water partition coefficient (Wildman–Crippen LogP) is 6.17. The largest absolute Gasteiger partial charge is 0.481 e. The van der Waals surface area contributed by atoms with Crippen molar-refractivity contribution in [3.63, 3.8) is 0 Å². The normalized spacial score (nSPS) is 14.5. The lowest BCUT2D eigenvalue weighted by Gasteiger charge is -2.26. The Labute approximate surface area is 240 Å². The molecule has 3 aromatic rings. The Morgan fingerprint density at radius 2 is 1.71 bits per heavy atom. The minimum absolute atomic E-state index is 0.233. The van der Waals surface area contributed by atoms with Crippen molar-refractivity contribution in [1.29, 1.82) is 0 Å². The molecule has 2 N–H and O–H groups in total. The Bertz CT molecular complexity index is 1500. The van der Waals surface area contributed by atoms with Gasteiger partial charge in [-0.05, 0) is 98.8 Å². The number of para-hydroxylation sites is 1. The number of ether oxygens (including phenoxy) is 1. The highest BCUT2D eigenvalue weighted by Gasteiger charge is 2.37. The first-order valence-electron chi connectivity index (χ1n) is 11.2. The summed E-state index contributed by atoms with van der Waals surface area (Å²) in [5.74, 6) is -1.60. The Morgan fingerprint density at radius 3 is 2.37 bits per heavy atom. The highest BCUT2D eigenvalue weighted by Crippen LogP contribution is 2.36. The molecule has 1 heterocycles. The van der Waals surface area contributed by atoms with Gasteiger partial charge in [-0.1, -0.05) is 35.9 Å². The van der Waals surface area contributed by atoms with Gasteiger partial charge >= 0.3 is 6.03 Å². The van der Waals surface area contributed by atoms with Gasteiger partial charge < -0.3 is 10.1 Å². The van der Waals surface area contributed by atoms with Crippen LogP contribution in [0.5, 0.6) is 5.75 Å². The molecule has 0 bridgehead atoms. The van der Waals surface area contributed by atoms with Crippen molar-refractivity contribution in [2.24, 2.45) is 0 Å². The summed E-state index contributed by atoms with van der Waals surface area (Å²) < 4.78 is 6.65. The van der Waals surface area contributed by atoms with Crippen LogP contribution in [0.25, 0.3) is 6.08 Å². The lowest BCUT2D eigenvalue weighted by atomic mass is 10.1. The van der Waals surface area contributed by atoms with Gasteiger partial charge in [-0.25, -0.2) is 9.69 Å². The van der Waals surface area contributed by atoms with E-state index in [1.807, 2.05) is 25.1 Å². The van der Waals surface area contributed by atoms with Gasteiger partial charge in [0.05, 0.1) is 14.6 Å². The summed E-state index contributed by atoms with van der Waals surface area (Å²) in [5.41, 5.74) is 2.85. The smallest absolute Gasteiger partial charge is 0.335 e. The molecule has 0 aliphatic carbocycles. The fraction of sp³-hybridized carbons (Fsp3) is 0.111. The molecule has 1 aliphatic heterocycles. The van der Waals surface area contributed by atoms with E-state index in [4.69, 9.17) is 16.3 Å². The molecule has 0 saturated carbocycles. The lowest BCUT2D eigenvalue weighted by molar-refractivity contribution is -0.122. The van der Waals surface area contributed by atoms with Crippen molar-refractivity contribution in [3.05, 3.63) is 90.8 Å². The number of benzene rings is 3. The number of carbonyl (C=O) groups excluding carboxylic acids is 4. The first kappa shape index (κ1) is 27.6. The predicted molar refractivity (Wildman–Crippen MR) is 152 cm³/mol. The molecule has 1 fully saturated rings. The average molecular weight is 662 g/mol. The van der Waals surface area contributed by atoms with E-state index in [0.29, 0.717) is 31.0 Å². The van der Waals surface area contributed by atoms with Crippen LogP contribution in [0.1, 0.15) is 16.7 Å². The number of halogens is 3. The van der Waals surface area contributed by atoms with Crippen LogP contribution < -0.4 is 20.3 Å². The van der Waals surface area contributed by atoms with E-state index in [0.717, 1.165) is 16.0 Å². The Balaban J connectivity index is 1.54. The van der Waals surface area contributed by atoms with E-state index in [1.54, 1.807) is 37.3 Å². The van der Waals surface area contributed by atoms with Gasteiger partial charge in [-0.3, -0.25) is 19.7 Å². The second-order valence-corrected chi connectivity index (χ2v) is 10.5. The van der Waals surface area contributed by atoms with Crippen molar-refractivity contribution < 1.29 is 23.9 Å². The van der Waals surface area contributed by atoms with E-state index in [1.165, 1.54) is 12.1 Å². The van der Waals surface area contributed by atoms with Gasteiger partial charge in [0.25, 0.3) is 17.7 Å². The summed E-state index contributed by atoms with van der Waals surface area (Å²) in [6.45, 7) is 3.43. The van der Waals surface area contributed by atoms with Crippen LogP contribution in [-0.4, -0.2) is 30.4 Å². The van der Waals surface area contributed by atoms with Crippen molar-refractivity contribution >= 4 is 84.7 Å². The van der Waals surface area contributed by atoms with E-state index in [-0.39, 0.29) is 23.8 Å². The van der Waals surface area contributed by atoms with Crippen molar-refractivity contribution in [1.82, 2.24) is 5.32 Å². The molecule has 1 aliphatic rings. The number of hydrogen-bond donors (Lipinski definition) is 2. The van der Waals surface area contributed by atoms with Crippen LogP contribution in [-0.2, 0) is 14.4 Å². The molecule has 0 aromatic heterocycles. The number of carbonyl (C=O) groups is 4. The Hall–Kier alpha value is -3.47. The molecular formula is C27H20Br2ClN3O5. The van der Waals surface area contributed by atoms with Crippen LogP contribution in [0.3, 0.4) is 0 Å². The standard InChI is InChI=1S/C27H20Br2ClN3O5/c1-14-7-8-17(12-21(14)30)33-26(36)18(25(35)32-27(33)37)9-16-10-19(28)24(20(29)11-16)38-13-23(34)31-22-6-4-3-5-15(22)2/h3-12H,13H2,1-2H3,(H,31,34)(H,32,35,37)/b18-9+. The Morgan fingerprint density at radius 1 is 1.03 bits per heavy atom. The maximum Gasteiger partial charge on any atom is 0.335 e. The molecule has 0 spiro atoms.